The lowest BCUT2D eigenvalue weighted by Crippen LogP contribution is -2.13. The molecule has 0 aliphatic carbocycles. The van der Waals surface area contributed by atoms with Crippen LogP contribution >= 0.6 is 135 Å². The average Bonchev–Trinajstić information content (AvgIpc) is 2.67. The predicted octanol–water partition coefficient (Wildman–Crippen LogP) is 5.71. The van der Waals surface area contributed by atoms with Gasteiger partial charge >= 0.3 is 0 Å². The standard InChI is InChI=1S/C16H34S11/c17-5-15(6-18)26-3-1-23-9-13(21)11-25-12-14(22)10-24-2-4-27-16(7-19)8-20/h13-22H,1-12H2. The molecular weight excluding hydrogens is 545 g/mol. The minimum atomic E-state index is 0.472. The number of hydrogen-bond acceptors (Lipinski definition) is 11. The molecule has 0 fully saturated rings. The molecule has 0 nitrogen and oxygen atoms in total. The van der Waals surface area contributed by atoms with Gasteiger partial charge in [0.15, 0.2) is 0 Å². The van der Waals surface area contributed by atoms with E-state index in [1.54, 1.807) is 0 Å². The Kier molecular flexibility index (Phi) is 26.3. The highest BCUT2D eigenvalue weighted by Gasteiger charge is 2.09. The second-order valence-corrected chi connectivity index (χ2v) is 14.8. The van der Waals surface area contributed by atoms with E-state index in [0.717, 1.165) is 46.0 Å². The summed E-state index contributed by atoms with van der Waals surface area (Å²) in [4.78, 5) is 0. The van der Waals surface area contributed by atoms with Gasteiger partial charge in [-0.1, -0.05) is 0 Å². The molecule has 0 heterocycles. The molecule has 0 aliphatic rings. The average molecular weight is 579 g/mol. The van der Waals surface area contributed by atoms with Crippen molar-refractivity contribution in [3.05, 3.63) is 0 Å². The van der Waals surface area contributed by atoms with Crippen LogP contribution < -0.4 is 0 Å². The number of rotatable bonds is 20. The minimum absolute atomic E-state index is 0.472. The van der Waals surface area contributed by atoms with Gasteiger partial charge in [0.25, 0.3) is 0 Å². The maximum Gasteiger partial charge on any atom is 0.0224 e. The Hall–Kier alpha value is 3.85. The second kappa shape index (κ2) is 23.0. The van der Waals surface area contributed by atoms with E-state index in [0.29, 0.717) is 21.0 Å². The molecule has 0 bridgehead atoms. The summed E-state index contributed by atoms with van der Waals surface area (Å²) in [5.41, 5.74) is 0. The molecule has 0 amide bonds. The van der Waals surface area contributed by atoms with Crippen molar-refractivity contribution in [3.63, 3.8) is 0 Å². The van der Waals surface area contributed by atoms with Gasteiger partial charge in [-0.3, -0.25) is 0 Å². The van der Waals surface area contributed by atoms with E-state index in [4.69, 9.17) is 25.3 Å². The summed E-state index contributed by atoms with van der Waals surface area (Å²) in [7, 11) is 0. The number of hydrogen-bond donors (Lipinski definition) is 6. The number of thioether (sulfide) groups is 5. The van der Waals surface area contributed by atoms with E-state index in [-0.39, 0.29) is 0 Å². The van der Waals surface area contributed by atoms with Crippen LogP contribution in [0.15, 0.2) is 0 Å². The third-order valence-electron chi connectivity index (χ3n) is 3.22. The summed E-state index contributed by atoms with van der Waals surface area (Å²) >= 11 is 36.8. The van der Waals surface area contributed by atoms with Crippen LogP contribution in [0.25, 0.3) is 0 Å². The quantitative estimate of drug-likeness (QED) is 0.0807. The summed E-state index contributed by atoms with van der Waals surface area (Å²) in [5, 5.41) is 2.10. The summed E-state index contributed by atoms with van der Waals surface area (Å²) in [5.74, 6) is 12.9. The predicted molar refractivity (Wildman–Crippen MR) is 165 cm³/mol. The van der Waals surface area contributed by atoms with E-state index in [9.17, 15) is 0 Å². The lowest BCUT2D eigenvalue weighted by atomic mass is 10.5. The van der Waals surface area contributed by atoms with Gasteiger partial charge in [-0.2, -0.15) is 135 Å². The first-order chi connectivity index (χ1) is 13.1. The summed E-state index contributed by atoms with van der Waals surface area (Å²) < 4.78 is 0. The normalized spacial score (nSPS) is 14.2. The topological polar surface area (TPSA) is 0 Å². The highest BCUT2D eigenvalue weighted by Crippen LogP contribution is 2.21. The fourth-order valence-corrected chi connectivity index (χ4v) is 10.3. The highest BCUT2D eigenvalue weighted by molar-refractivity contribution is 8.05. The van der Waals surface area contributed by atoms with Crippen LogP contribution in [0.4, 0.5) is 0 Å². The SMILES string of the molecule is SCC(CS)SCCSCC(S)CSCC(S)CSCCSC(CS)CS. The molecule has 0 aromatic carbocycles. The molecule has 0 aromatic rings. The first kappa shape index (κ1) is 30.9. The molecule has 0 saturated carbocycles. The van der Waals surface area contributed by atoms with E-state index in [1.165, 1.54) is 23.0 Å². The van der Waals surface area contributed by atoms with Crippen molar-refractivity contribution in [2.45, 2.75) is 21.0 Å². The van der Waals surface area contributed by atoms with Crippen LogP contribution in [0.2, 0.25) is 0 Å². The lowest BCUT2D eigenvalue weighted by molar-refractivity contribution is 1.12. The lowest BCUT2D eigenvalue weighted by Gasteiger charge is -2.14. The monoisotopic (exact) mass is 578 g/mol. The molecule has 11 heteroatoms. The molecule has 0 radical (unpaired) electrons. The van der Waals surface area contributed by atoms with Gasteiger partial charge in [0.05, 0.1) is 0 Å². The van der Waals surface area contributed by atoms with Crippen molar-refractivity contribution in [3.8, 4) is 0 Å². The van der Waals surface area contributed by atoms with Crippen molar-refractivity contribution in [2.75, 3.05) is 69.0 Å². The van der Waals surface area contributed by atoms with Gasteiger partial charge in [-0.15, -0.1) is 0 Å². The molecule has 0 saturated heterocycles. The van der Waals surface area contributed by atoms with Crippen molar-refractivity contribution in [1.82, 2.24) is 0 Å². The van der Waals surface area contributed by atoms with Crippen molar-refractivity contribution < 1.29 is 0 Å². The number of thiol groups is 6. The molecule has 0 aromatic heterocycles. The van der Waals surface area contributed by atoms with E-state index in [1.807, 2.05) is 58.8 Å². The Bertz CT molecular complexity index is 272. The Morgan fingerprint density at radius 2 is 0.815 bits per heavy atom. The zero-order valence-corrected chi connectivity index (χ0v) is 25.0. The second-order valence-electron chi connectivity index (χ2n) is 5.71. The largest absolute Gasteiger partial charge is 0.178 e. The molecule has 27 heavy (non-hydrogen) atoms. The fraction of sp³-hybridized carbons (Fsp3) is 1.00. The Labute approximate surface area is 222 Å². The molecule has 2 atom stereocenters. The third kappa shape index (κ3) is 20.2. The highest BCUT2D eigenvalue weighted by atomic mass is 32.2. The molecular formula is C16H34S11. The Morgan fingerprint density at radius 1 is 0.481 bits per heavy atom. The first-order valence-corrected chi connectivity index (χ1v) is 18.0. The zero-order chi connectivity index (χ0) is 20.3. The van der Waals surface area contributed by atoms with Crippen LogP contribution in [0.3, 0.4) is 0 Å². The van der Waals surface area contributed by atoms with Crippen molar-refractivity contribution in [1.29, 1.82) is 0 Å². The van der Waals surface area contributed by atoms with Crippen LogP contribution in [-0.2, 0) is 0 Å². The van der Waals surface area contributed by atoms with Crippen LogP contribution in [-0.4, -0.2) is 90.0 Å². The molecule has 2 unspecified atom stereocenters. The van der Waals surface area contributed by atoms with Crippen molar-refractivity contribution >= 4 is 135 Å². The van der Waals surface area contributed by atoms with E-state index < -0.39 is 0 Å². The molecule has 0 spiro atoms. The smallest absolute Gasteiger partial charge is 0.0224 e. The van der Waals surface area contributed by atoms with Gasteiger partial charge in [-0.05, 0) is 0 Å². The molecule has 0 rings (SSSR count). The Morgan fingerprint density at radius 3 is 1.15 bits per heavy atom. The third-order valence-corrected chi connectivity index (χ3v) is 14.2. The van der Waals surface area contributed by atoms with Gasteiger partial charge in [0.1, 0.15) is 0 Å². The van der Waals surface area contributed by atoms with Crippen LogP contribution in [0.1, 0.15) is 0 Å². The maximum atomic E-state index is 4.73. The van der Waals surface area contributed by atoms with E-state index in [2.05, 4.69) is 50.5 Å². The van der Waals surface area contributed by atoms with Crippen LogP contribution in [0, 0.1) is 0 Å². The van der Waals surface area contributed by atoms with Gasteiger partial charge in [-0.25, -0.2) is 0 Å². The fourth-order valence-electron chi connectivity index (χ4n) is 1.75. The summed E-state index contributed by atoms with van der Waals surface area (Å²) in [6, 6.07) is 0. The molecule has 164 valence electrons. The van der Waals surface area contributed by atoms with Gasteiger partial charge in [0, 0.05) is 90.0 Å². The first-order valence-electron chi connectivity index (χ1n) is 8.83. The summed E-state index contributed by atoms with van der Waals surface area (Å²) in [6.45, 7) is 0. The summed E-state index contributed by atoms with van der Waals surface area (Å²) in [6.07, 6.45) is 0. The minimum Gasteiger partial charge on any atom is -0.178 e. The van der Waals surface area contributed by atoms with Gasteiger partial charge < -0.3 is 0 Å². The van der Waals surface area contributed by atoms with Crippen LogP contribution in [0.5, 0.6) is 0 Å². The van der Waals surface area contributed by atoms with E-state index >= 15 is 0 Å². The van der Waals surface area contributed by atoms with Crippen molar-refractivity contribution in [2.24, 2.45) is 0 Å². The molecule has 0 N–H and O–H groups in total. The van der Waals surface area contributed by atoms with Gasteiger partial charge in [0.2, 0.25) is 0 Å². The zero-order valence-electron chi connectivity index (χ0n) is 15.5. The molecule has 0 aliphatic heterocycles. The maximum absolute atomic E-state index is 4.73. The Balaban J connectivity index is 3.48.